The second-order valence-electron chi connectivity index (χ2n) is 8.84. The van der Waals surface area contributed by atoms with Crippen LogP contribution in [0.25, 0.3) is 0 Å². The molecule has 1 saturated heterocycles. The molecule has 2 unspecified atom stereocenters. The minimum Gasteiger partial charge on any atom is -0.491 e. The van der Waals surface area contributed by atoms with Crippen molar-refractivity contribution in [2.75, 3.05) is 26.4 Å². The second-order valence-corrected chi connectivity index (χ2v) is 9.27. The number of hydrogen-bond donors (Lipinski definition) is 0. The first-order valence-corrected chi connectivity index (χ1v) is 12.9. The maximum atomic E-state index is 13.5. The molecule has 0 N–H and O–H groups in total. The molecule has 4 rings (SSSR count). The van der Waals surface area contributed by atoms with Gasteiger partial charge in [0.1, 0.15) is 12.4 Å². The van der Waals surface area contributed by atoms with E-state index in [1.807, 2.05) is 78.9 Å². The van der Waals surface area contributed by atoms with Crippen LogP contribution in [0.5, 0.6) is 5.75 Å². The van der Waals surface area contributed by atoms with Gasteiger partial charge in [0.15, 0.2) is 12.1 Å². The zero-order chi connectivity index (χ0) is 25.0. The highest BCUT2D eigenvalue weighted by molar-refractivity contribution is 6.30. The lowest BCUT2D eigenvalue weighted by Crippen LogP contribution is -2.24. The monoisotopic (exact) mass is 508 g/mol. The van der Waals surface area contributed by atoms with Gasteiger partial charge in [-0.1, -0.05) is 54.1 Å². The summed E-state index contributed by atoms with van der Waals surface area (Å²) in [6.45, 7) is 2.67. The molecule has 190 valence electrons. The van der Waals surface area contributed by atoms with Gasteiger partial charge >= 0.3 is 0 Å². The molecule has 5 nitrogen and oxygen atoms in total. The van der Waals surface area contributed by atoms with E-state index in [1.54, 1.807) is 0 Å². The first-order valence-electron chi connectivity index (χ1n) is 12.6. The van der Waals surface area contributed by atoms with Gasteiger partial charge in [0.2, 0.25) is 0 Å². The Morgan fingerprint density at radius 1 is 0.917 bits per heavy atom. The van der Waals surface area contributed by atoms with E-state index < -0.39 is 0 Å². The molecule has 0 aliphatic carbocycles. The molecular formula is C30H33ClO5. The standard InChI is InChI=1S/C30H33ClO5/c31-26-13-9-24(10-14-26)28(17-19-36-29-8-4-5-18-35-29)30(32)25-11-15-27(16-12-25)34-21-20-33-22-23-6-2-1-3-7-23/h1-3,6-7,9-16,28-29H,4-5,8,17-22H2. The molecule has 0 amide bonds. The van der Waals surface area contributed by atoms with Crippen molar-refractivity contribution in [3.05, 3.63) is 101 Å². The Labute approximate surface area is 218 Å². The van der Waals surface area contributed by atoms with Gasteiger partial charge in [0.25, 0.3) is 0 Å². The highest BCUT2D eigenvalue weighted by atomic mass is 35.5. The maximum Gasteiger partial charge on any atom is 0.170 e. The number of ketones is 1. The molecule has 0 bridgehead atoms. The smallest absolute Gasteiger partial charge is 0.170 e. The van der Waals surface area contributed by atoms with Gasteiger partial charge in [0, 0.05) is 23.1 Å². The first-order chi connectivity index (χ1) is 17.7. The third-order valence-electron chi connectivity index (χ3n) is 6.18. The van der Waals surface area contributed by atoms with Crippen LogP contribution in [0.4, 0.5) is 0 Å². The normalized spacial score (nSPS) is 16.4. The molecule has 0 saturated carbocycles. The van der Waals surface area contributed by atoms with Crippen molar-refractivity contribution in [3.63, 3.8) is 0 Å². The average molecular weight is 509 g/mol. The predicted molar refractivity (Wildman–Crippen MR) is 141 cm³/mol. The Morgan fingerprint density at radius 2 is 1.69 bits per heavy atom. The van der Waals surface area contributed by atoms with Gasteiger partial charge in [-0.25, -0.2) is 0 Å². The number of rotatable bonds is 13. The van der Waals surface area contributed by atoms with Crippen LogP contribution in [0.3, 0.4) is 0 Å². The molecule has 3 aromatic rings. The zero-order valence-corrected chi connectivity index (χ0v) is 21.2. The summed E-state index contributed by atoms with van der Waals surface area (Å²) in [7, 11) is 0. The second kappa shape index (κ2) is 14.1. The summed E-state index contributed by atoms with van der Waals surface area (Å²) >= 11 is 6.08. The van der Waals surface area contributed by atoms with Crippen molar-refractivity contribution in [3.8, 4) is 5.75 Å². The van der Waals surface area contributed by atoms with Crippen LogP contribution in [0, 0.1) is 0 Å². The van der Waals surface area contributed by atoms with Crippen molar-refractivity contribution in [1.29, 1.82) is 0 Å². The van der Waals surface area contributed by atoms with Gasteiger partial charge in [-0.15, -0.1) is 0 Å². The fourth-order valence-corrected chi connectivity index (χ4v) is 4.33. The molecule has 0 radical (unpaired) electrons. The lowest BCUT2D eigenvalue weighted by Gasteiger charge is -2.24. The summed E-state index contributed by atoms with van der Waals surface area (Å²) in [4.78, 5) is 13.5. The van der Waals surface area contributed by atoms with Crippen molar-refractivity contribution in [1.82, 2.24) is 0 Å². The lowest BCUT2D eigenvalue weighted by atomic mass is 9.88. The summed E-state index contributed by atoms with van der Waals surface area (Å²) in [5.41, 5.74) is 2.69. The fourth-order valence-electron chi connectivity index (χ4n) is 4.20. The Morgan fingerprint density at radius 3 is 2.42 bits per heavy atom. The number of hydrogen-bond acceptors (Lipinski definition) is 5. The number of Topliss-reactive ketones (excluding diaryl/α,β-unsaturated/α-hetero) is 1. The molecule has 1 aliphatic heterocycles. The van der Waals surface area contributed by atoms with E-state index in [4.69, 9.17) is 30.5 Å². The Bertz CT molecular complexity index is 1050. The predicted octanol–water partition coefficient (Wildman–Crippen LogP) is 6.84. The van der Waals surface area contributed by atoms with Crippen LogP contribution >= 0.6 is 11.6 Å². The number of ether oxygens (including phenoxy) is 4. The first kappa shape index (κ1) is 26.4. The summed E-state index contributed by atoms with van der Waals surface area (Å²) in [5.74, 6) is 0.419. The van der Waals surface area contributed by atoms with Gasteiger partial charge < -0.3 is 18.9 Å². The molecule has 2 atom stereocenters. The van der Waals surface area contributed by atoms with Gasteiger partial charge in [-0.05, 0) is 73.2 Å². The summed E-state index contributed by atoms with van der Waals surface area (Å²) in [6.07, 6.45) is 3.48. The molecule has 0 aromatic heterocycles. The quantitative estimate of drug-likeness (QED) is 0.187. The van der Waals surface area contributed by atoms with Crippen molar-refractivity contribution >= 4 is 17.4 Å². The summed E-state index contributed by atoms with van der Waals surface area (Å²) in [6, 6.07) is 24.8. The van der Waals surface area contributed by atoms with E-state index in [0.29, 0.717) is 49.2 Å². The minimum absolute atomic E-state index is 0.0447. The van der Waals surface area contributed by atoms with Crippen LogP contribution < -0.4 is 4.74 Å². The van der Waals surface area contributed by atoms with E-state index in [1.165, 1.54) is 0 Å². The van der Waals surface area contributed by atoms with Crippen LogP contribution in [0.2, 0.25) is 5.02 Å². The van der Waals surface area contributed by atoms with E-state index in [0.717, 1.165) is 37.0 Å². The number of carbonyl (C=O) groups excluding carboxylic acids is 1. The lowest BCUT2D eigenvalue weighted by molar-refractivity contribution is -0.162. The average Bonchev–Trinajstić information content (AvgIpc) is 2.93. The van der Waals surface area contributed by atoms with Crippen LogP contribution in [-0.4, -0.2) is 38.5 Å². The highest BCUT2D eigenvalue weighted by Crippen LogP contribution is 2.27. The highest BCUT2D eigenvalue weighted by Gasteiger charge is 2.23. The molecule has 3 aromatic carbocycles. The fraction of sp³-hybridized carbons (Fsp3) is 0.367. The van der Waals surface area contributed by atoms with Crippen LogP contribution in [0.1, 0.15) is 53.1 Å². The zero-order valence-electron chi connectivity index (χ0n) is 20.4. The Balaban J connectivity index is 1.30. The number of halogens is 1. The molecule has 1 fully saturated rings. The third kappa shape index (κ3) is 8.17. The topological polar surface area (TPSA) is 54.0 Å². The molecule has 1 aliphatic rings. The summed E-state index contributed by atoms with van der Waals surface area (Å²) in [5, 5.41) is 0.644. The SMILES string of the molecule is O=C(c1ccc(OCCOCc2ccccc2)cc1)C(CCOC1CCCCO1)c1ccc(Cl)cc1. The van der Waals surface area contributed by atoms with Crippen molar-refractivity contribution < 1.29 is 23.7 Å². The van der Waals surface area contributed by atoms with Crippen LogP contribution in [0.15, 0.2) is 78.9 Å². The largest absolute Gasteiger partial charge is 0.491 e. The molecular weight excluding hydrogens is 476 g/mol. The summed E-state index contributed by atoms with van der Waals surface area (Å²) < 4.78 is 23.0. The minimum atomic E-state index is -0.330. The number of benzene rings is 3. The Kier molecular flexibility index (Phi) is 10.4. The van der Waals surface area contributed by atoms with Gasteiger partial charge in [-0.2, -0.15) is 0 Å². The maximum absolute atomic E-state index is 13.5. The third-order valence-corrected chi connectivity index (χ3v) is 6.44. The Hall–Kier alpha value is -2.70. The van der Waals surface area contributed by atoms with Gasteiger partial charge in [-0.3, -0.25) is 4.79 Å². The van der Waals surface area contributed by atoms with Crippen LogP contribution in [-0.2, 0) is 20.8 Å². The van der Waals surface area contributed by atoms with E-state index in [2.05, 4.69) is 0 Å². The van der Waals surface area contributed by atoms with Crippen molar-refractivity contribution in [2.45, 2.75) is 44.5 Å². The molecule has 6 heteroatoms. The van der Waals surface area contributed by atoms with Gasteiger partial charge in [0.05, 0.1) is 19.8 Å². The molecule has 1 heterocycles. The van der Waals surface area contributed by atoms with Crippen molar-refractivity contribution in [2.24, 2.45) is 0 Å². The number of carbonyl (C=O) groups is 1. The molecule has 36 heavy (non-hydrogen) atoms. The van der Waals surface area contributed by atoms with E-state index in [9.17, 15) is 4.79 Å². The van der Waals surface area contributed by atoms with E-state index in [-0.39, 0.29) is 18.0 Å². The van der Waals surface area contributed by atoms with E-state index >= 15 is 0 Å². The molecule has 0 spiro atoms.